The quantitative estimate of drug-likeness (QED) is 0.777. The minimum Gasteiger partial charge on any atom is -0.390 e. The van der Waals surface area contributed by atoms with Crippen LogP contribution in [0.2, 0.25) is 0 Å². The zero-order chi connectivity index (χ0) is 15.6. The summed E-state index contributed by atoms with van der Waals surface area (Å²) in [5.74, 6) is 0.0486. The van der Waals surface area contributed by atoms with Crippen LogP contribution in [0.1, 0.15) is 32.6 Å². The van der Waals surface area contributed by atoms with E-state index in [1.807, 2.05) is 11.8 Å². The molecule has 6 nitrogen and oxygen atoms in total. The third kappa shape index (κ3) is 3.87. The summed E-state index contributed by atoms with van der Waals surface area (Å²) < 4.78 is 0. The van der Waals surface area contributed by atoms with Crippen LogP contribution in [0.4, 0.5) is 4.79 Å². The van der Waals surface area contributed by atoms with Crippen LogP contribution in [0.15, 0.2) is 0 Å². The van der Waals surface area contributed by atoms with Crippen molar-refractivity contribution in [1.82, 2.24) is 14.7 Å². The van der Waals surface area contributed by atoms with E-state index in [0.717, 1.165) is 19.4 Å². The summed E-state index contributed by atoms with van der Waals surface area (Å²) in [5.41, 5.74) is -0.643. The van der Waals surface area contributed by atoms with E-state index < -0.39 is 5.60 Å². The second kappa shape index (κ2) is 6.22. The molecule has 0 aromatic rings. The van der Waals surface area contributed by atoms with Crippen molar-refractivity contribution >= 4 is 11.9 Å². The predicted molar refractivity (Wildman–Crippen MR) is 79.8 cm³/mol. The van der Waals surface area contributed by atoms with E-state index in [9.17, 15) is 14.7 Å². The molecule has 0 aliphatic carbocycles. The maximum absolute atomic E-state index is 12.6. The van der Waals surface area contributed by atoms with Gasteiger partial charge in [-0.05, 0) is 32.6 Å². The number of urea groups is 1. The van der Waals surface area contributed by atoms with Crippen molar-refractivity contribution in [2.24, 2.45) is 5.92 Å². The Morgan fingerprint density at radius 3 is 2.33 bits per heavy atom. The molecule has 0 spiro atoms. The molecular formula is C15H27N3O3. The molecule has 2 rings (SSSR count). The topological polar surface area (TPSA) is 64.1 Å². The molecule has 0 saturated carbocycles. The van der Waals surface area contributed by atoms with Crippen molar-refractivity contribution in [3.63, 3.8) is 0 Å². The van der Waals surface area contributed by atoms with Crippen molar-refractivity contribution in [3.8, 4) is 0 Å². The molecule has 2 aliphatic rings. The third-order valence-electron chi connectivity index (χ3n) is 4.58. The van der Waals surface area contributed by atoms with Crippen LogP contribution >= 0.6 is 0 Å². The smallest absolute Gasteiger partial charge is 0.319 e. The minimum atomic E-state index is -0.643. The largest absolute Gasteiger partial charge is 0.390 e. The number of rotatable bonds is 1. The molecule has 0 radical (unpaired) electrons. The number of carbonyl (C=O) groups is 2. The summed E-state index contributed by atoms with van der Waals surface area (Å²) in [6.45, 7) is 4.30. The van der Waals surface area contributed by atoms with Gasteiger partial charge in [-0.3, -0.25) is 4.79 Å². The van der Waals surface area contributed by atoms with Crippen molar-refractivity contribution in [3.05, 3.63) is 0 Å². The van der Waals surface area contributed by atoms with Gasteiger partial charge in [0.25, 0.3) is 0 Å². The van der Waals surface area contributed by atoms with Crippen LogP contribution in [0.5, 0.6) is 0 Å². The first-order chi connectivity index (χ1) is 9.80. The van der Waals surface area contributed by atoms with Crippen molar-refractivity contribution in [2.45, 2.75) is 38.2 Å². The normalized spacial score (nSPS) is 25.6. The molecular weight excluding hydrogens is 270 g/mol. The average Bonchev–Trinajstić information content (AvgIpc) is 2.46. The van der Waals surface area contributed by atoms with Crippen LogP contribution in [0.3, 0.4) is 0 Å². The molecule has 0 aromatic carbocycles. The highest BCUT2D eigenvalue weighted by Gasteiger charge is 2.35. The summed E-state index contributed by atoms with van der Waals surface area (Å²) in [5, 5.41) is 9.96. The number of piperidine rings is 2. The van der Waals surface area contributed by atoms with Gasteiger partial charge in [0.1, 0.15) is 0 Å². The number of hydrogen-bond acceptors (Lipinski definition) is 3. The number of nitrogens with zero attached hydrogens (tertiary/aromatic N) is 3. The van der Waals surface area contributed by atoms with Gasteiger partial charge in [0.15, 0.2) is 0 Å². The lowest BCUT2D eigenvalue weighted by Gasteiger charge is -2.40. The molecule has 6 heteroatoms. The number of aliphatic hydroxyl groups is 1. The summed E-state index contributed by atoms with van der Waals surface area (Å²) in [4.78, 5) is 29.8. The van der Waals surface area contributed by atoms with Crippen LogP contribution in [0.25, 0.3) is 0 Å². The third-order valence-corrected chi connectivity index (χ3v) is 4.58. The maximum atomic E-state index is 12.6. The van der Waals surface area contributed by atoms with Crippen LogP contribution in [0, 0.1) is 5.92 Å². The molecule has 120 valence electrons. The van der Waals surface area contributed by atoms with E-state index in [2.05, 4.69) is 0 Å². The highest BCUT2D eigenvalue weighted by molar-refractivity contribution is 5.81. The van der Waals surface area contributed by atoms with Gasteiger partial charge in [-0.1, -0.05) is 0 Å². The number of hydrogen-bond donors (Lipinski definition) is 1. The van der Waals surface area contributed by atoms with Crippen molar-refractivity contribution < 1.29 is 14.7 Å². The second-order valence-electron chi connectivity index (χ2n) is 6.78. The molecule has 2 fully saturated rings. The minimum absolute atomic E-state index is 0.0194. The first kappa shape index (κ1) is 16.1. The Morgan fingerprint density at radius 2 is 1.76 bits per heavy atom. The summed E-state index contributed by atoms with van der Waals surface area (Å²) in [6.07, 6.45) is 2.99. The van der Waals surface area contributed by atoms with Gasteiger partial charge >= 0.3 is 6.03 Å². The van der Waals surface area contributed by atoms with Crippen LogP contribution in [-0.2, 0) is 4.79 Å². The predicted octanol–water partition coefficient (Wildman–Crippen LogP) is 0.753. The molecule has 0 aromatic heterocycles. The van der Waals surface area contributed by atoms with Crippen molar-refractivity contribution in [1.29, 1.82) is 0 Å². The van der Waals surface area contributed by atoms with E-state index in [-0.39, 0.29) is 17.9 Å². The first-order valence-corrected chi connectivity index (χ1v) is 7.77. The number of amides is 3. The van der Waals surface area contributed by atoms with E-state index in [0.29, 0.717) is 32.5 Å². The molecule has 2 aliphatic heterocycles. The van der Waals surface area contributed by atoms with Crippen LogP contribution in [-0.4, -0.2) is 77.6 Å². The fraction of sp³-hybridized carbons (Fsp3) is 0.867. The van der Waals surface area contributed by atoms with Gasteiger partial charge in [0, 0.05) is 40.3 Å². The average molecular weight is 297 g/mol. The second-order valence-corrected chi connectivity index (χ2v) is 6.78. The molecule has 3 amide bonds. The lowest BCUT2D eigenvalue weighted by atomic mass is 9.91. The molecule has 2 heterocycles. The lowest BCUT2D eigenvalue weighted by Crippen LogP contribution is -2.52. The SMILES string of the molecule is CN(C)C(=O)N1CCCC(C(=O)N2CCC(C)(O)CC2)C1. The molecule has 1 atom stereocenters. The van der Waals surface area contributed by atoms with Gasteiger partial charge in [-0.25, -0.2) is 4.79 Å². The molecule has 21 heavy (non-hydrogen) atoms. The zero-order valence-electron chi connectivity index (χ0n) is 13.3. The summed E-state index contributed by atoms with van der Waals surface area (Å²) >= 11 is 0. The Morgan fingerprint density at radius 1 is 1.14 bits per heavy atom. The van der Waals surface area contributed by atoms with Crippen molar-refractivity contribution in [2.75, 3.05) is 40.3 Å². The highest BCUT2D eigenvalue weighted by Crippen LogP contribution is 2.25. The number of likely N-dealkylation sites (tertiary alicyclic amines) is 2. The van der Waals surface area contributed by atoms with E-state index in [4.69, 9.17) is 0 Å². The van der Waals surface area contributed by atoms with Crippen LogP contribution < -0.4 is 0 Å². The fourth-order valence-electron chi connectivity index (χ4n) is 3.10. The zero-order valence-corrected chi connectivity index (χ0v) is 13.3. The van der Waals surface area contributed by atoms with Gasteiger partial charge in [0.2, 0.25) is 5.91 Å². The molecule has 2 saturated heterocycles. The molecule has 1 unspecified atom stereocenters. The standard InChI is InChI=1S/C15H27N3O3/c1-15(21)6-9-17(10-7-15)13(19)12-5-4-8-18(11-12)14(20)16(2)3/h12,21H,4-11H2,1-3H3. The Labute approximate surface area is 126 Å². The number of carbonyl (C=O) groups excluding carboxylic acids is 2. The lowest BCUT2D eigenvalue weighted by molar-refractivity contribution is -0.140. The Balaban J connectivity index is 1.92. The first-order valence-electron chi connectivity index (χ1n) is 7.77. The maximum Gasteiger partial charge on any atom is 0.319 e. The fourth-order valence-corrected chi connectivity index (χ4v) is 3.10. The Hall–Kier alpha value is -1.30. The van der Waals surface area contributed by atoms with E-state index in [1.165, 1.54) is 0 Å². The monoisotopic (exact) mass is 297 g/mol. The Bertz CT molecular complexity index is 399. The Kier molecular flexibility index (Phi) is 4.76. The highest BCUT2D eigenvalue weighted by atomic mass is 16.3. The molecule has 1 N–H and O–H groups in total. The summed E-state index contributed by atoms with van der Waals surface area (Å²) in [6, 6.07) is -0.0194. The van der Waals surface area contributed by atoms with Gasteiger partial charge in [-0.15, -0.1) is 0 Å². The van der Waals surface area contributed by atoms with Gasteiger partial charge in [0.05, 0.1) is 11.5 Å². The van der Waals surface area contributed by atoms with E-state index in [1.54, 1.807) is 23.9 Å². The van der Waals surface area contributed by atoms with Gasteiger partial charge < -0.3 is 19.8 Å². The van der Waals surface area contributed by atoms with Gasteiger partial charge in [-0.2, -0.15) is 0 Å². The van der Waals surface area contributed by atoms with E-state index >= 15 is 0 Å². The molecule has 0 bridgehead atoms. The summed E-state index contributed by atoms with van der Waals surface area (Å²) in [7, 11) is 3.47.